The molecule has 0 aliphatic carbocycles. The molecule has 1 saturated heterocycles. The summed E-state index contributed by atoms with van der Waals surface area (Å²) < 4.78 is 15.8. The third-order valence-electron chi connectivity index (χ3n) is 4.10. The molecule has 0 unspecified atom stereocenters. The summed E-state index contributed by atoms with van der Waals surface area (Å²) in [7, 11) is 1.94. The van der Waals surface area contributed by atoms with Gasteiger partial charge in [0.25, 0.3) is 0 Å². The lowest BCUT2D eigenvalue weighted by molar-refractivity contribution is -0.130. The topological polar surface area (TPSA) is 41.4 Å². The van der Waals surface area contributed by atoms with Crippen LogP contribution in [0.5, 0.6) is 0 Å². The Morgan fingerprint density at radius 2 is 2.04 bits per heavy atom. The number of imidazole rings is 1. The Kier molecular flexibility index (Phi) is 4.52. The second-order valence-corrected chi connectivity index (χ2v) is 5.99. The maximum Gasteiger partial charge on any atom is 0.227 e. The number of carbonyl (C=O) groups excluding carboxylic acids is 1. The Bertz CT molecular complexity index is 690. The van der Waals surface area contributed by atoms with Crippen molar-refractivity contribution in [2.75, 3.05) is 31.1 Å². The molecule has 0 atom stereocenters. The van der Waals surface area contributed by atoms with E-state index in [4.69, 9.17) is 11.6 Å². The number of hydrogen-bond acceptors (Lipinski definition) is 3. The number of anilines is 1. The van der Waals surface area contributed by atoms with Crippen molar-refractivity contribution in [3.8, 4) is 0 Å². The molecule has 1 aliphatic rings. The van der Waals surface area contributed by atoms with Gasteiger partial charge in [-0.25, -0.2) is 9.37 Å². The number of carbonyl (C=O) groups is 1. The maximum absolute atomic E-state index is 13.8. The molecule has 2 heterocycles. The van der Waals surface area contributed by atoms with Crippen molar-refractivity contribution < 1.29 is 9.18 Å². The van der Waals surface area contributed by atoms with Crippen molar-refractivity contribution >= 4 is 23.5 Å². The van der Waals surface area contributed by atoms with E-state index in [1.807, 2.05) is 17.8 Å². The van der Waals surface area contributed by atoms with Gasteiger partial charge >= 0.3 is 0 Å². The van der Waals surface area contributed by atoms with Crippen LogP contribution in [0.4, 0.5) is 10.3 Å². The third kappa shape index (κ3) is 3.32. The summed E-state index contributed by atoms with van der Waals surface area (Å²) in [6, 6.07) is 4.47. The highest BCUT2D eigenvalue weighted by atomic mass is 35.5. The Labute approximate surface area is 139 Å². The van der Waals surface area contributed by atoms with Crippen LogP contribution < -0.4 is 4.90 Å². The molecule has 122 valence electrons. The smallest absolute Gasteiger partial charge is 0.227 e. The van der Waals surface area contributed by atoms with E-state index in [0.29, 0.717) is 31.2 Å². The predicted octanol–water partition coefficient (Wildman–Crippen LogP) is 2.10. The maximum atomic E-state index is 13.8. The Hall–Kier alpha value is -2.08. The first kappa shape index (κ1) is 15.8. The fourth-order valence-electron chi connectivity index (χ4n) is 2.78. The van der Waals surface area contributed by atoms with Gasteiger partial charge in [-0.05, 0) is 12.1 Å². The molecule has 23 heavy (non-hydrogen) atoms. The summed E-state index contributed by atoms with van der Waals surface area (Å²) in [6.45, 7) is 2.61. The second-order valence-electron chi connectivity index (χ2n) is 5.58. The van der Waals surface area contributed by atoms with E-state index >= 15 is 0 Å². The molecule has 1 aromatic carbocycles. The normalized spacial score (nSPS) is 15.1. The van der Waals surface area contributed by atoms with Crippen LogP contribution >= 0.6 is 11.6 Å². The zero-order chi connectivity index (χ0) is 16.4. The molecule has 0 spiro atoms. The molecule has 0 bridgehead atoms. The molecule has 3 rings (SSSR count). The van der Waals surface area contributed by atoms with Crippen molar-refractivity contribution in [2.24, 2.45) is 7.05 Å². The highest BCUT2D eigenvalue weighted by Gasteiger charge is 2.24. The number of rotatable bonds is 3. The number of piperazine rings is 1. The number of benzene rings is 1. The SMILES string of the molecule is Cn1ccnc1N1CCN(C(=O)Cc2c(F)cccc2Cl)CC1. The largest absolute Gasteiger partial charge is 0.339 e. The van der Waals surface area contributed by atoms with E-state index in [2.05, 4.69) is 9.88 Å². The van der Waals surface area contributed by atoms with Gasteiger partial charge in [-0.15, -0.1) is 0 Å². The van der Waals surface area contributed by atoms with Crippen molar-refractivity contribution in [3.63, 3.8) is 0 Å². The van der Waals surface area contributed by atoms with Crippen molar-refractivity contribution in [1.29, 1.82) is 0 Å². The van der Waals surface area contributed by atoms with Crippen LogP contribution in [0.25, 0.3) is 0 Å². The van der Waals surface area contributed by atoms with E-state index in [1.165, 1.54) is 12.1 Å². The highest BCUT2D eigenvalue weighted by Crippen LogP contribution is 2.21. The van der Waals surface area contributed by atoms with Gasteiger partial charge < -0.3 is 14.4 Å². The van der Waals surface area contributed by atoms with E-state index in [9.17, 15) is 9.18 Å². The van der Waals surface area contributed by atoms with Crippen molar-refractivity contribution in [1.82, 2.24) is 14.5 Å². The van der Waals surface area contributed by atoms with Gasteiger partial charge in [-0.3, -0.25) is 4.79 Å². The van der Waals surface area contributed by atoms with Crippen LogP contribution in [-0.4, -0.2) is 46.5 Å². The Balaban J connectivity index is 1.61. The first-order valence-corrected chi connectivity index (χ1v) is 7.87. The fraction of sp³-hybridized carbons (Fsp3) is 0.375. The van der Waals surface area contributed by atoms with Crippen LogP contribution in [0, 0.1) is 5.82 Å². The van der Waals surface area contributed by atoms with E-state index in [-0.39, 0.29) is 17.9 Å². The van der Waals surface area contributed by atoms with E-state index < -0.39 is 5.82 Å². The van der Waals surface area contributed by atoms with Gasteiger partial charge in [0.1, 0.15) is 5.82 Å². The summed E-state index contributed by atoms with van der Waals surface area (Å²) >= 11 is 5.99. The Morgan fingerprint density at radius 1 is 1.30 bits per heavy atom. The monoisotopic (exact) mass is 336 g/mol. The van der Waals surface area contributed by atoms with E-state index in [1.54, 1.807) is 17.2 Å². The van der Waals surface area contributed by atoms with Crippen LogP contribution in [0.1, 0.15) is 5.56 Å². The lowest BCUT2D eigenvalue weighted by Gasteiger charge is -2.35. The molecular weight excluding hydrogens is 319 g/mol. The molecular formula is C16H18ClFN4O. The summed E-state index contributed by atoms with van der Waals surface area (Å²) in [5.41, 5.74) is 0.269. The zero-order valence-corrected chi connectivity index (χ0v) is 13.6. The minimum atomic E-state index is -0.433. The minimum Gasteiger partial charge on any atom is -0.339 e. The number of halogens is 2. The first-order valence-electron chi connectivity index (χ1n) is 7.49. The molecule has 0 saturated carbocycles. The summed E-state index contributed by atoms with van der Waals surface area (Å²) in [4.78, 5) is 20.6. The number of amides is 1. The van der Waals surface area contributed by atoms with Gasteiger partial charge in [0.2, 0.25) is 11.9 Å². The van der Waals surface area contributed by atoms with Crippen LogP contribution in [0.2, 0.25) is 5.02 Å². The van der Waals surface area contributed by atoms with Gasteiger partial charge in [0.05, 0.1) is 6.42 Å². The van der Waals surface area contributed by atoms with Gasteiger partial charge in [-0.2, -0.15) is 0 Å². The van der Waals surface area contributed by atoms with Crippen molar-refractivity contribution in [3.05, 3.63) is 47.0 Å². The number of hydrogen-bond donors (Lipinski definition) is 0. The quantitative estimate of drug-likeness (QED) is 0.862. The number of nitrogens with zero attached hydrogens (tertiary/aromatic N) is 4. The summed E-state index contributed by atoms with van der Waals surface area (Å²) in [5, 5.41) is 0.296. The molecule has 7 heteroatoms. The average Bonchev–Trinajstić information content (AvgIpc) is 2.97. The average molecular weight is 337 g/mol. The molecule has 0 N–H and O–H groups in total. The van der Waals surface area contributed by atoms with Gasteiger partial charge in [-0.1, -0.05) is 17.7 Å². The van der Waals surface area contributed by atoms with Crippen LogP contribution in [-0.2, 0) is 18.3 Å². The number of aryl methyl sites for hydroxylation is 1. The van der Waals surface area contributed by atoms with Crippen LogP contribution in [0.3, 0.4) is 0 Å². The predicted molar refractivity (Wildman–Crippen MR) is 87.1 cm³/mol. The molecule has 1 amide bonds. The molecule has 1 fully saturated rings. The summed E-state index contributed by atoms with van der Waals surface area (Å²) in [5.74, 6) is 0.364. The minimum absolute atomic E-state index is 0.00604. The lowest BCUT2D eigenvalue weighted by Crippen LogP contribution is -2.49. The first-order chi connectivity index (χ1) is 11.1. The molecule has 5 nitrogen and oxygen atoms in total. The fourth-order valence-corrected chi connectivity index (χ4v) is 3.01. The lowest BCUT2D eigenvalue weighted by atomic mass is 10.1. The second kappa shape index (κ2) is 6.58. The highest BCUT2D eigenvalue weighted by molar-refractivity contribution is 6.31. The van der Waals surface area contributed by atoms with Crippen LogP contribution in [0.15, 0.2) is 30.6 Å². The number of aromatic nitrogens is 2. The Morgan fingerprint density at radius 3 is 2.65 bits per heavy atom. The van der Waals surface area contributed by atoms with E-state index in [0.717, 1.165) is 5.95 Å². The summed E-state index contributed by atoms with van der Waals surface area (Å²) in [6.07, 6.45) is 3.65. The molecule has 1 aliphatic heterocycles. The van der Waals surface area contributed by atoms with Crippen molar-refractivity contribution in [2.45, 2.75) is 6.42 Å². The third-order valence-corrected chi connectivity index (χ3v) is 4.45. The molecule has 0 radical (unpaired) electrons. The van der Waals surface area contributed by atoms with Gasteiger partial charge in [0, 0.05) is 56.2 Å². The zero-order valence-electron chi connectivity index (χ0n) is 12.9. The standard InChI is InChI=1S/C16H18ClFN4O/c1-20-6-5-19-16(20)22-9-7-21(8-10-22)15(23)11-12-13(17)3-2-4-14(12)18/h2-6H,7-11H2,1H3. The molecule has 1 aromatic heterocycles. The van der Waals surface area contributed by atoms with Gasteiger partial charge in [0.15, 0.2) is 0 Å². The molecule has 2 aromatic rings.